The first kappa shape index (κ1) is 39.4. The Bertz CT molecular complexity index is 1380. The van der Waals surface area contributed by atoms with Crippen molar-refractivity contribution in [2.75, 3.05) is 19.7 Å². The van der Waals surface area contributed by atoms with E-state index in [0.29, 0.717) is 12.2 Å². The van der Waals surface area contributed by atoms with Crippen molar-refractivity contribution in [3.63, 3.8) is 0 Å². The summed E-state index contributed by atoms with van der Waals surface area (Å²) in [6, 6.07) is 9.69. The second-order valence-electron chi connectivity index (χ2n) is 12.2. The van der Waals surface area contributed by atoms with Gasteiger partial charge in [-0.1, -0.05) is 88.6 Å². The topological polar surface area (TPSA) is 161 Å². The molecule has 12 nitrogen and oxygen atoms in total. The predicted molar refractivity (Wildman–Crippen MR) is 187 cm³/mol. The highest BCUT2D eigenvalue weighted by Gasteiger charge is 2.38. The van der Waals surface area contributed by atoms with Crippen molar-refractivity contribution in [3.05, 3.63) is 75.6 Å². The van der Waals surface area contributed by atoms with Crippen LogP contribution in [-0.2, 0) is 18.6 Å². The number of nitrogens with zero attached hydrogens (tertiary/aromatic N) is 1. The molecule has 0 radical (unpaired) electrons. The van der Waals surface area contributed by atoms with Crippen molar-refractivity contribution in [2.45, 2.75) is 122 Å². The molecule has 1 aromatic carbocycles. The summed E-state index contributed by atoms with van der Waals surface area (Å²) in [7, 11) is -3.95. The number of aromatic amines is 1. The smallest absolute Gasteiger partial charge is 0.413 e. The number of unbranched alkanes of at least 4 members (excludes halogenated alkanes) is 11. The Balaban J connectivity index is 1.31. The first-order valence-corrected chi connectivity index (χ1v) is 19.1. The third kappa shape index (κ3) is 15.5. The molecule has 0 spiro atoms. The molecule has 1 aliphatic heterocycles. The summed E-state index contributed by atoms with van der Waals surface area (Å²) in [5.74, 6) is 0.243. The zero-order valence-electron chi connectivity index (χ0n) is 28.4. The Morgan fingerprint density at radius 3 is 2.33 bits per heavy atom. The fraction of sp³-hybridized carbons (Fsp3) is 0.629. The summed E-state index contributed by atoms with van der Waals surface area (Å²) in [6.45, 7) is 2.28. The molecule has 48 heavy (non-hydrogen) atoms. The lowest BCUT2D eigenvalue weighted by atomic mass is 10.1. The van der Waals surface area contributed by atoms with Crippen LogP contribution in [0.1, 0.15) is 109 Å². The fourth-order valence-electron chi connectivity index (χ4n) is 5.43. The first-order chi connectivity index (χ1) is 23.3. The summed E-state index contributed by atoms with van der Waals surface area (Å²) < 4.78 is 32.0. The second-order valence-corrected chi connectivity index (χ2v) is 14.0. The molecule has 2 aromatic rings. The van der Waals surface area contributed by atoms with E-state index in [-0.39, 0.29) is 32.0 Å². The highest BCUT2D eigenvalue weighted by Crippen LogP contribution is 2.45. The molecular weight excluding hydrogens is 635 g/mol. The van der Waals surface area contributed by atoms with Crippen molar-refractivity contribution in [1.29, 1.82) is 0 Å². The average Bonchev–Trinajstić information content (AvgIpc) is 3.44. The molecule has 4 atom stereocenters. The lowest BCUT2D eigenvalue weighted by molar-refractivity contribution is -0.121. The number of allylic oxidation sites excluding steroid dienone is 2. The molecule has 3 rings (SSSR count). The number of ether oxygens (including phenoxy) is 1. The number of rotatable bonds is 25. The van der Waals surface area contributed by atoms with Crippen LogP contribution in [0.25, 0.3) is 0 Å². The van der Waals surface area contributed by atoms with Gasteiger partial charge in [0.1, 0.15) is 18.1 Å². The summed E-state index contributed by atoms with van der Waals surface area (Å²) in [4.78, 5) is 38.0. The maximum atomic E-state index is 13.7. The normalized spacial score (nSPS) is 19.0. The van der Waals surface area contributed by atoms with E-state index in [0.717, 1.165) is 25.7 Å². The van der Waals surface area contributed by atoms with Crippen LogP contribution in [0.2, 0.25) is 0 Å². The number of aliphatic hydroxyl groups is 1. The third-order valence-corrected chi connectivity index (χ3v) is 9.71. The van der Waals surface area contributed by atoms with Crippen LogP contribution in [0.3, 0.4) is 0 Å². The third-order valence-electron chi connectivity index (χ3n) is 8.16. The van der Waals surface area contributed by atoms with E-state index in [9.17, 15) is 24.1 Å². The number of H-pyrrole nitrogens is 1. The van der Waals surface area contributed by atoms with Gasteiger partial charge in [-0.2, -0.15) is 0 Å². The Morgan fingerprint density at radius 1 is 0.979 bits per heavy atom. The lowest BCUT2D eigenvalue weighted by Crippen LogP contribution is -2.33. The minimum absolute atomic E-state index is 0.0693. The standard InChI is InChI=1S/C35H55N4O8P/c1-2-3-4-5-6-7-8-9-10-11-12-13-14-15-19-22-32(41)36-24-25-37-48(44,47-29-20-17-16-18-21-29)45-28-31-30(40)27-34(46-31)39-26-23-33(42)38-35(39)43/h9-10,16-18,20-21,23,26,30-31,34,40H,2-8,11-15,19,22,24-25,27-28H2,1H3,(H,36,41)(H,37,44)(H,38,42,43)/b10-9-/t30-,31+,34+,48?/m0/s1. The van der Waals surface area contributed by atoms with Crippen molar-refractivity contribution in [1.82, 2.24) is 20.0 Å². The monoisotopic (exact) mass is 690 g/mol. The minimum Gasteiger partial charge on any atom is -0.413 e. The highest BCUT2D eigenvalue weighted by molar-refractivity contribution is 7.52. The van der Waals surface area contributed by atoms with Crippen molar-refractivity contribution >= 4 is 13.7 Å². The number of para-hydroxylation sites is 1. The van der Waals surface area contributed by atoms with Crippen LogP contribution in [0.5, 0.6) is 5.75 Å². The summed E-state index contributed by atoms with van der Waals surface area (Å²) in [6.07, 6.45) is 19.3. The molecule has 268 valence electrons. The Labute approximate surface area is 284 Å². The van der Waals surface area contributed by atoms with Gasteiger partial charge in [0.05, 0.1) is 12.7 Å². The SMILES string of the molecule is CCCCCCCC/C=C\CCCCCCCC(=O)NCCNP(=O)(OC[C@H]1O[C@@H](n2ccc(=O)[nH]c2=O)C[C@@H]1O)Oc1ccccc1. The van der Waals surface area contributed by atoms with Gasteiger partial charge in [0.25, 0.3) is 5.56 Å². The summed E-state index contributed by atoms with van der Waals surface area (Å²) >= 11 is 0. The number of hydrogen-bond acceptors (Lipinski definition) is 8. The molecule has 0 aliphatic carbocycles. The Kier molecular flexibility index (Phi) is 18.5. The average molecular weight is 691 g/mol. The number of benzene rings is 1. The summed E-state index contributed by atoms with van der Waals surface area (Å²) in [5, 5.41) is 16.2. The second kappa shape index (κ2) is 22.6. The maximum Gasteiger partial charge on any atom is 0.458 e. The molecule has 1 amide bonds. The van der Waals surface area contributed by atoms with Gasteiger partial charge in [-0.25, -0.2) is 14.4 Å². The Morgan fingerprint density at radius 2 is 1.65 bits per heavy atom. The van der Waals surface area contributed by atoms with Crippen LogP contribution < -0.4 is 26.2 Å². The number of carbonyl (C=O) groups excluding carboxylic acids is 1. The van der Waals surface area contributed by atoms with E-state index in [4.69, 9.17) is 13.8 Å². The summed E-state index contributed by atoms with van der Waals surface area (Å²) in [5.41, 5.74) is -1.21. The predicted octanol–water partition coefficient (Wildman–Crippen LogP) is 6.13. The van der Waals surface area contributed by atoms with Crippen molar-refractivity contribution in [3.8, 4) is 5.75 Å². The Hall–Kier alpha value is -3.02. The molecule has 0 bridgehead atoms. The number of aliphatic hydroxyl groups excluding tert-OH is 1. The molecular formula is C35H55N4O8P. The van der Waals surface area contributed by atoms with E-state index in [1.165, 1.54) is 74.6 Å². The molecule has 4 N–H and O–H groups in total. The van der Waals surface area contributed by atoms with Gasteiger partial charge < -0.3 is 19.7 Å². The highest BCUT2D eigenvalue weighted by atomic mass is 31.2. The first-order valence-electron chi connectivity index (χ1n) is 17.6. The zero-order valence-corrected chi connectivity index (χ0v) is 29.2. The molecule has 1 saturated heterocycles. The molecule has 1 aromatic heterocycles. The van der Waals surface area contributed by atoms with Crippen LogP contribution >= 0.6 is 7.75 Å². The van der Waals surface area contributed by atoms with Crippen molar-refractivity contribution in [2.24, 2.45) is 0 Å². The van der Waals surface area contributed by atoms with Crippen molar-refractivity contribution < 1.29 is 28.3 Å². The van der Waals surface area contributed by atoms with Gasteiger partial charge in [-0.15, -0.1) is 0 Å². The van der Waals surface area contributed by atoms with E-state index in [2.05, 4.69) is 34.5 Å². The molecule has 1 unspecified atom stereocenters. The van der Waals surface area contributed by atoms with Gasteiger partial charge >= 0.3 is 13.4 Å². The number of aromatic nitrogens is 2. The molecule has 1 aliphatic rings. The van der Waals surface area contributed by atoms with Crippen LogP contribution in [-0.4, -0.2) is 52.5 Å². The van der Waals surface area contributed by atoms with E-state index in [1.807, 2.05) is 0 Å². The lowest BCUT2D eigenvalue weighted by Gasteiger charge is -2.22. The van der Waals surface area contributed by atoms with E-state index >= 15 is 0 Å². The van der Waals surface area contributed by atoms with Gasteiger partial charge in [-0.05, 0) is 44.2 Å². The molecule has 2 heterocycles. The van der Waals surface area contributed by atoms with Gasteiger partial charge in [-0.3, -0.25) is 23.7 Å². The molecule has 13 heteroatoms. The van der Waals surface area contributed by atoms with Gasteiger partial charge in [0.15, 0.2) is 0 Å². The van der Waals surface area contributed by atoms with Gasteiger partial charge in [0, 0.05) is 38.2 Å². The zero-order chi connectivity index (χ0) is 34.5. The van der Waals surface area contributed by atoms with Gasteiger partial charge in [0.2, 0.25) is 5.91 Å². The number of carbonyl (C=O) groups is 1. The van der Waals surface area contributed by atoms with Crippen LogP contribution in [0, 0.1) is 0 Å². The quantitative estimate of drug-likeness (QED) is 0.0546. The largest absolute Gasteiger partial charge is 0.458 e. The maximum absolute atomic E-state index is 13.7. The number of hydrogen-bond donors (Lipinski definition) is 4. The minimum atomic E-state index is -3.95. The van der Waals surface area contributed by atoms with E-state index in [1.54, 1.807) is 30.3 Å². The van der Waals surface area contributed by atoms with Crippen LogP contribution in [0.4, 0.5) is 0 Å². The fourth-order valence-corrected chi connectivity index (χ4v) is 6.76. The number of amides is 1. The number of nitrogens with one attached hydrogen (secondary N) is 3. The van der Waals surface area contributed by atoms with Crippen LogP contribution in [0.15, 0.2) is 64.3 Å². The molecule has 0 saturated carbocycles. The molecule has 1 fully saturated rings. The van der Waals surface area contributed by atoms with E-state index < -0.39 is 37.4 Å².